The molecule has 172 valence electrons. The van der Waals surface area contributed by atoms with E-state index in [0.29, 0.717) is 6.54 Å². The van der Waals surface area contributed by atoms with Crippen LogP contribution in [0.4, 0.5) is 0 Å². The van der Waals surface area contributed by atoms with Gasteiger partial charge in [-0.3, -0.25) is 0 Å². The normalized spacial score (nSPS) is 15.4. The molecule has 1 amide bonds. The molecular weight excluding hydrogens is 481 g/mol. The standard InChI is InChI=1S/C11H18N5O.3C4H9.Sn/c17-11(10-16-9-5-13-14-16)12-4-8-15-6-2-1-3-7-15;3*1-3-4-2;/h9H,1-4,6-8,10H2,(H,12,17);3*1,3-4H2,2H3;. The third-order valence-corrected chi connectivity index (χ3v) is 21.6. The number of unbranched alkanes of at least 4 members (excludes halogenated alkanes) is 3. The van der Waals surface area contributed by atoms with Gasteiger partial charge in [-0.1, -0.05) is 0 Å². The van der Waals surface area contributed by atoms with Crippen LogP contribution in [-0.2, 0) is 11.3 Å². The zero-order chi connectivity index (χ0) is 21.7. The Balaban J connectivity index is 1.94. The number of rotatable bonds is 15. The Bertz CT molecular complexity index is 578. The van der Waals surface area contributed by atoms with Crippen LogP contribution in [0.2, 0.25) is 13.3 Å². The molecule has 0 radical (unpaired) electrons. The summed E-state index contributed by atoms with van der Waals surface area (Å²) in [6.45, 7) is 11.2. The van der Waals surface area contributed by atoms with Crippen molar-refractivity contribution in [2.24, 2.45) is 0 Å². The van der Waals surface area contributed by atoms with Crippen molar-refractivity contribution in [3.05, 3.63) is 6.20 Å². The summed E-state index contributed by atoms with van der Waals surface area (Å²) in [6.07, 6.45) is 13.8. The zero-order valence-corrected chi connectivity index (χ0v) is 22.6. The van der Waals surface area contributed by atoms with Gasteiger partial charge in [0.1, 0.15) is 0 Å². The number of amides is 1. The fourth-order valence-corrected chi connectivity index (χ4v) is 19.8. The molecule has 2 heterocycles. The molecule has 1 aliphatic rings. The summed E-state index contributed by atoms with van der Waals surface area (Å²) in [5, 5.41) is 12.1. The Morgan fingerprint density at radius 3 is 2.17 bits per heavy atom. The third kappa shape index (κ3) is 8.48. The van der Waals surface area contributed by atoms with Crippen LogP contribution in [0.5, 0.6) is 0 Å². The SMILES string of the molecule is CCC[CH2][Sn]([CH2]CCC)([CH2]CCC)[c]1cn(CC(=O)NCCN2CCCCC2)nn1. The maximum absolute atomic E-state index is 12.4. The quantitative estimate of drug-likeness (QED) is 0.352. The minimum absolute atomic E-state index is 0.0555. The Hall–Kier alpha value is -0.631. The van der Waals surface area contributed by atoms with Crippen molar-refractivity contribution in [1.82, 2.24) is 25.2 Å². The van der Waals surface area contributed by atoms with Gasteiger partial charge < -0.3 is 0 Å². The van der Waals surface area contributed by atoms with Crippen LogP contribution >= 0.6 is 0 Å². The number of hydrogen-bond donors (Lipinski definition) is 1. The molecule has 0 aliphatic carbocycles. The fraction of sp³-hybridized carbons (Fsp3) is 0.870. The second-order valence-corrected chi connectivity index (χ2v) is 22.2. The predicted molar refractivity (Wildman–Crippen MR) is 128 cm³/mol. The van der Waals surface area contributed by atoms with Gasteiger partial charge in [0.25, 0.3) is 0 Å². The molecule has 0 spiro atoms. The fourth-order valence-electron chi connectivity index (χ4n) is 4.66. The van der Waals surface area contributed by atoms with Gasteiger partial charge in [-0.15, -0.1) is 0 Å². The van der Waals surface area contributed by atoms with Gasteiger partial charge in [0, 0.05) is 0 Å². The van der Waals surface area contributed by atoms with Crippen molar-refractivity contribution < 1.29 is 4.79 Å². The summed E-state index contributed by atoms with van der Waals surface area (Å²) in [6, 6.07) is 0. The average Bonchev–Trinajstić information content (AvgIpc) is 3.23. The summed E-state index contributed by atoms with van der Waals surface area (Å²) < 4.78 is 7.24. The van der Waals surface area contributed by atoms with E-state index in [2.05, 4.69) is 47.5 Å². The topological polar surface area (TPSA) is 63.1 Å². The van der Waals surface area contributed by atoms with E-state index in [4.69, 9.17) is 0 Å². The molecule has 6 nitrogen and oxygen atoms in total. The van der Waals surface area contributed by atoms with Crippen LogP contribution < -0.4 is 9.03 Å². The molecule has 0 unspecified atom stereocenters. The van der Waals surface area contributed by atoms with Gasteiger partial charge in [-0.25, -0.2) is 0 Å². The van der Waals surface area contributed by atoms with E-state index in [1.165, 1.54) is 87.9 Å². The molecule has 1 saturated heterocycles. The molecule has 1 fully saturated rings. The molecule has 1 N–H and O–H groups in total. The van der Waals surface area contributed by atoms with E-state index in [1.54, 1.807) is 4.68 Å². The zero-order valence-electron chi connectivity index (χ0n) is 19.8. The van der Waals surface area contributed by atoms with Gasteiger partial charge >= 0.3 is 189 Å². The second kappa shape index (κ2) is 14.4. The number of carbonyl (C=O) groups is 1. The maximum atomic E-state index is 12.4. The van der Waals surface area contributed by atoms with Crippen LogP contribution in [0.15, 0.2) is 6.20 Å². The van der Waals surface area contributed by atoms with Gasteiger partial charge in [-0.2, -0.15) is 0 Å². The molecular formula is C23H45N5OSn. The average molecular weight is 526 g/mol. The first-order valence-electron chi connectivity index (χ1n) is 12.5. The van der Waals surface area contributed by atoms with Crippen molar-refractivity contribution >= 4 is 28.0 Å². The van der Waals surface area contributed by atoms with Crippen LogP contribution in [-0.4, -0.2) is 70.4 Å². The van der Waals surface area contributed by atoms with Gasteiger partial charge in [-0.05, 0) is 0 Å². The molecule has 0 bridgehead atoms. The molecule has 2 rings (SSSR count). The second-order valence-electron chi connectivity index (χ2n) is 9.14. The van der Waals surface area contributed by atoms with E-state index >= 15 is 0 Å². The summed E-state index contributed by atoms with van der Waals surface area (Å²) in [4.78, 5) is 14.9. The molecule has 1 aliphatic heterocycles. The first-order chi connectivity index (χ1) is 14.6. The van der Waals surface area contributed by atoms with Crippen LogP contribution in [0.3, 0.4) is 0 Å². The monoisotopic (exact) mass is 527 g/mol. The number of piperidine rings is 1. The molecule has 0 saturated carbocycles. The predicted octanol–water partition coefficient (Wildman–Crippen LogP) is 3.94. The van der Waals surface area contributed by atoms with Crippen molar-refractivity contribution in [2.75, 3.05) is 26.2 Å². The van der Waals surface area contributed by atoms with Crippen molar-refractivity contribution in [2.45, 2.75) is 98.4 Å². The molecule has 1 aromatic rings. The number of aromatic nitrogens is 3. The number of carbonyl (C=O) groups excluding carboxylic acids is 1. The minimum atomic E-state index is -2.55. The van der Waals surface area contributed by atoms with E-state index < -0.39 is 18.4 Å². The van der Waals surface area contributed by atoms with Gasteiger partial charge in [0.05, 0.1) is 0 Å². The van der Waals surface area contributed by atoms with Crippen LogP contribution in [0.25, 0.3) is 0 Å². The van der Waals surface area contributed by atoms with Crippen LogP contribution in [0.1, 0.15) is 78.6 Å². The number of hydrogen-bond acceptors (Lipinski definition) is 4. The van der Waals surface area contributed by atoms with E-state index in [9.17, 15) is 4.79 Å². The van der Waals surface area contributed by atoms with Crippen molar-refractivity contribution in [3.63, 3.8) is 0 Å². The number of likely N-dealkylation sites (tertiary alicyclic amines) is 1. The summed E-state index contributed by atoms with van der Waals surface area (Å²) >= 11 is -2.55. The molecule has 0 aromatic carbocycles. The third-order valence-electron chi connectivity index (χ3n) is 6.61. The summed E-state index contributed by atoms with van der Waals surface area (Å²) in [7, 11) is 0. The number of nitrogens with zero attached hydrogens (tertiary/aromatic N) is 4. The molecule has 30 heavy (non-hydrogen) atoms. The van der Waals surface area contributed by atoms with E-state index in [-0.39, 0.29) is 5.91 Å². The van der Waals surface area contributed by atoms with Crippen molar-refractivity contribution in [1.29, 1.82) is 0 Å². The van der Waals surface area contributed by atoms with E-state index in [1.807, 2.05) is 0 Å². The Morgan fingerprint density at radius 1 is 1.00 bits per heavy atom. The van der Waals surface area contributed by atoms with E-state index in [0.717, 1.165) is 13.1 Å². The van der Waals surface area contributed by atoms with Crippen molar-refractivity contribution in [3.8, 4) is 0 Å². The Kier molecular flexibility index (Phi) is 12.3. The number of nitrogens with one attached hydrogen (secondary N) is 1. The molecule has 0 atom stereocenters. The van der Waals surface area contributed by atoms with Gasteiger partial charge in [0.2, 0.25) is 0 Å². The summed E-state index contributed by atoms with van der Waals surface area (Å²) in [5.41, 5.74) is 0. The Morgan fingerprint density at radius 2 is 1.60 bits per heavy atom. The first-order valence-corrected chi connectivity index (χ1v) is 20.0. The molecule has 7 heteroatoms. The Labute approximate surface area is 188 Å². The summed E-state index contributed by atoms with van der Waals surface area (Å²) in [5.74, 6) is 0.0555. The van der Waals surface area contributed by atoms with Gasteiger partial charge in [0.15, 0.2) is 0 Å². The molecule has 1 aromatic heterocycles. The van der Waals surface area contributed by atoms with Crippen LogP contribution in [0, 0.1) is 0 Å². The first kappa shape index (κ1) is 25.6.